The number of nitrogens with zero attached hydrogens (tertiary/aromatic N) is 1. The minimum absolute atomic E-state index is 0.308. The fraction of sp³-hybridized carbons (Fsp3) is 1.00. The van der Waals surface area contributed by atoms with Gasteiger partial charge in [0.05, 0.1) is 11.5 Å². The third kappa shape index (κ3) is 2.83. The van der Waals surface area contributed by atoms with Crippen LogP contribution in [0.15, 0.2) is 0 Å². The quantitative estimate of drug-likeness (QED) is 0.846. The highest BCUT2D eigenvalue weighted by atomic mass is 32.2. The Bertz CT molecular complexity index is 409. The third-order valence-electron chi connectivity index (χ3n) is 5.15. The summed E-state index contributed by atoms with van der Waals surface area (Å²) in [6.45, 7) is 3.22. The summed E-state index contributed by atoms with van der Waals surface area (Å²) >= 11 is 0. The van der Waals surface area contributed by atoms with Gasteiger partial charge in [0.1, 0.15) is 0 Å². The van der Waals surface area contributed by atoms with Gasteiger partial charge in [0.2, 0.25) is 0 Å². The van der Waals surface area contributed by atoms with Crippen molar-refractivity contribution in [1.29, 1.82) is 0 Å². The predicted octanol–water partition coefficient (Wildman–Crippen LogP) is 1.17. The molecule has 4 nitrogen and oxygen atoms in total. The summed E-state index contributed by atoms with van der Waals surface area (Å²) in [6.07, 6.45) is 7.12. The van der Waals surface area contributed by atoms with E-state index in [2.05, 4.69) is 17.1 Å². The Labute approximate surface area is 116 Å². The topological polar surface area (TPSA) is 49.4 Å². The lowest BCUT2D eigenvalue weighted by molar-refractivity contribution is -0.00279. The van der Waals surface area contributed by atoms with Gasteiger partial charge in [-0.15, -0.1) is 0 Å². The van der Waals surface area contributed by atoms with E-state index in [0.717, 1.165) is 13.0 Å². The molecule has 3 saturated heterocycles. The van der Waals surface area contributed by atoms with Gasteiger partial charge in [-0.05, 0) is 38.6 Å². The van der Waals surface area contributed by atoms with Gasteiger partial charge in [0.15, 0.2) is 9.84 Å². The maximum Gasteiger partial charge on any atom is 0.151 e. The Morgan fingerprint density at radius 1 is 1.11 bits per heavy atom. The zero-order chi connectivity index (χ0) is 13.5. The van der Waals surface area contributed by atoms with Crippen molar-refractivity contribution in [3.05, 3.63) is 0 Å². The van der Waals surface area contributed by atoms with Crippen LogP contribution >= 0.6 is 0 Å². The molecule has 3 aliphatic heterocycles. The average molecular weight is 286 g/mol. The lowest BCUT2D eigenvalue weighted by Crippen LogP contribution is -2.59. The first-order chi connectivity index (χ1) is 9.09. The molecule has 0 radical (unpaired) electrons. The van der Waals surface area contributed by atoms with E-state index >= 15 is 0 Å². The van der Waals surface area contributed by atoms with Gasteiger partial charge in [0, 0.05) is 24.2 Å². The fourth-order valence-corrected chi connectivity index (χ4v) is 6.20. The van der Waals surface area contributed by atoms with Gasteiger partial charge in [0.25, 0.3) is 0 Å². The van der Waals surface area contributed by atoms with Crippen LogP contribution in [0.2, 0.25) is 0 Å². The molecule has 3 rings (SSSR count). The van der Waals surface area contributed by atoms with E-state index in [9.17, 15) is 8.42 Å². The monoisotopic (exact) mass is 286 g/mol. The van der Waals surface area contributed by atoms with Gasteiger partial charge in [-0.1, -0.05) is 13.3 Å². The summed E-state index contributed by atoms with van der Waals surface area (Å²) in [6, 6.07) is 2.20. The van der Waals surface area contributed by atoms with Gasteiger partial charge in [-0.3, -0.25) is 4.90 Å². The largest absolute Gasteiger partial charge is 0.314 e. The lowest BCUT2D eigenvalue weighted by Gasteiger charge is -2.51. The van der Waals surface area contributed by atoms with Gasteiger partial charge in [-0.2, -0.15) is 0 Å². The summed E-state index contributed by atoms with van der Waals surface area (Å²) in [5, 5.41) is 3.60. The van der Waals surface area contributed by atoms with E-state index in [1.54, 1.807) is 0 Å². The van der Waals surface area contributed by atoms with Crippen molar-refractivity contribution in [2.24, 2.45) is 0 Å². The summed E-state index contributed by atoms with van der Waals surface area (Å²) in [7, 11) is -2.76. The van der Waals surface area contributed by atoms with E-state index in [-0.39, 0.29) is 0 Å². The average Bonchev–Trinajstić information content (AvgIpc) is 2.69. The van der Waals surface area contributed by atoms with Crippen LogP contribution in [0.1, 0.15) is 45.4 Å². The van der Waals surface area contributed by atoms with Crippen LogP contribution < -0.4 is 5.32 Å². The second-order valence-electron chi connectivity index (χ2n) is 6.47. The van der Waals surface area contributed by atoms with Crippen molar-refractivity contribution in [3.8, 4) is 0 Å². The number of nitrogens with one attached hydrogen (secondary N) is 1. The van der Waals surface area contributed by atoms with Crippen LogP contribution in [-0.4, -0.2) is 55.5 Å². The molecular formula is C14H26N2O2S. The standard InChI is InChI=1S/C14H26N2O2S/c1-2-15-11-8-12-4-3-5-13(9-11)16(12)14-6-7-19(17,18)10-14/h11-15H,2-10H2,1H3. The van der Waals surface area contributed by atoms with Gasteiger partial charge < -0.3 is 5.32 Å². The third-order valence-corrected chi connectivity index (χ3v) is 6.90. The first kappa shape index (κ1) is 13.8. The number of piperidine rings is 2. The van der Waals surface area contributed by atoms with Crippen molar-refractivity contribution in [2.45, 2.75) is 69.6 Å². The molecule has 2 bridgehead atoms. The molecule has 0 amide bonds. The van der Waals surface area contributed by atoms with Crippen molar-refractivity contribution in [2.75, 3.05) is 18.1 Å². The predicted molar refractivity (Wildman–Crippen MR) is 77.0 cm³/mol. The van der Waals surface area contributed by atoms with E-state index in [1.807, 2.05) is 0 Å². The molecule has 5 heteroatoms. The molecule has 1 N–H and O–H groups in total. The van der Waals surface area contributed by atoms with Crippen molar-refractivity contribution >= 4 is 9.84 Å². The summed E-state index contributed by atoms with van der Waals surface area (Å²) in [5.41, 5.74) is 0. The first-order valence-corrected chi connectivity index (χ1v) is 9.62. The molecule has 3 heterocycles. The molecule has 3 atom stereocenters. The van der Waals surface area contributed by atoms with Crippen LogP contribution in [0.4, 0.5) is 0 Å². The van der Waals surface area contributed by atoms with E-state index in [0.29, 0.717) is 35.7 Å². The maximum atomic E-state index is 11.7. The van der Waals surface area contributed by atoms with Crippen molar-refractivity contribution in [1.82, 2.24) is 10.2 Å². The minimum atomic E-state index is -2.76. The molecule has 19 heavy (non-hydrogen) atoms. The smallest absolute Gasteiger partial charge is 0.151 e. The van der Waals surface area contributed by atoms with E-state index in [4.69, 9.17) is 0 Å². The molecular weight excluding hydrogens is 260 g/mol. The van der Waals surface area contributed by atoms with Crippen LogP contribution in [0.25, 0.3) is 0 Å². The molecule has 3 fully saturated rings. The zero-order valence-electron chi connectivity index (χ0n) is 11.8. The number of sulfone groups is 1. The highest BCUT2D eigenvalue weighted by Gasteiger charge is 2.44. The van der Waals surface area contributed by atoms with Crippen LogP contribution in [0, 0.1) is 0 Å². The molecule has 0 saturated carbocycles. The van der Waals surface area contributed by atoms with Crippen LogP contribution in [0.3, 0.4) is 0 Å². The summed E-state index contributed by atoms with van der Waals surface area (Å²) in [5.74, 6) is 0.816. The molecule has 110 valence electrons. The summed E-state index contributed by atoms with van der Waals surface area (Å²) in [4.78, 5) is 2.60. The Morgan fingerprint density at radius 2 is 1.79 bits per heavy atom. The molecule has 0 aromatic carbocycles. The fourth-order valence-electron chi connectivity index (χ4n) is 4.48. The second kappa shape index (κ2) is 5.34. The van der Waals surface area contributed by atoms with Gasteiger partial charge in [-0.25, -0.2) is 8.42 Å². The van der Waals surface area contributed by atoms with Crippen LogP contribution in [-0.2, 0) is 9.84 Å². The highest BCUT2D eigenvalue weighted by molar-refractivity contribution is 7.91. The Balaban J connectivity index is 1.72. The zero-order valence-corrected chi connectivity index (χ0v) is 12.7. The van der Waals surface area contributed by atoms with Crippen molar-refractivity contribution in [3.63, 3.8) is 0 Å². The Kier molecular flexibility index (Phi) is 3.89. The van der Waals surface area contributed by atoms with E-state index < -0.39 is 9.84 Å². The molecule has 3 unspecified atom stereocenters. The van der Waals surface area contributed by atoms with Crippen molar-refractivity contribution < 1.29 is 8.42 Å². The van der Waals surface area contributed by atoms with E-state index in [1.165, 1.54) is 32.1 Å². The normalized spacial score (nSPS) is 42.4. The maximum absolute atomic E-state index is 11.7. The molecule has 0 aromatic rings. The molecule has 0 aromatic heterocycles. The first-order valence-electron chi connectivity index (χ1n) is 7.80. The number of hydrogen-bond acceptors (Lipinski definition) is 4. The molecule has 3 aliphatic rings. The summed E-state index contributed by atoms with van der Waals surface area (Å²) < 4.78 is 23.5. The lowest BCUT2D eigenvalue weighted by atomic mass is 9.80. The molecule has 0 spiro atoms. The number of fused-ring (bicyclic) bond motifs is 2. The van der Waals surface area contributed by atoms with Gasteiger partial charge >= 0.3 is 0 Å². The second-order valence-corrected chi connectivity index (χ2v) is 8.70. The highest BCUT2D eigenvalue weighted by Crippen LogP contribution is 2.37. The minimum Gasteiger partial charge on any atom is -0.314 e. The Morgan fingerprint density at radius 3 is 2.32 bits per heavy atom. The number of rotatable bonds is 3. The number of hydrogen-bond donors (Lipinski definition) is 1. The molecule has 0 aliphatic carbocycles. The van der Waals surface area contributed by atoms with Crippen LogP contribution in [0.5, 0.6) is 0 Å². The SMILES string of the molecule is CCNC1CC2CCCC(C1)N2C1CCS(=O)(=O)C1. The Hall–Kier alpha value is -0.130.